The minimum atomic E-state index is -2.45. The number of aliphatic hydroxyl groups excluding tert-OH is 1. The van der Waals surface area contributed by atoms with E-state index in [2.05, 4.69) is 65.1 Å². The van der Waals surface area contributed by atoms with Crippen LogP contribution in [0.4, 0.5) is 5.69 Å². The number of carbonyl (C=O) groups excluding carboxylic acids is 16. The Morgan fingerprint density at radius 2 is 1.09 bits per heavy atom. The van der Waals surface area contributed by atoms with Crippen LogP contribution in [0.2, 0.25) is 0 Å². The molecular formula is C72H101N17O26. The summed E-state index contributed by atoms with van der Waals surface area (Å²) in [7, 11) is 0. The molecule has 1 aromatic heterocycles. The quantitative estimate of drug-likeness (QED) is 0.0113. The zero-order valence-corrected chi connectivity index (χ0v) is 63.6. The Kier molecular flexibility index (Phi) is 39.2. The van der Waals surface area contributed by atoms with Crippen molar-refractivity contribution in [3.05, 3.63) is 65.9 Å². The van der Waals surface area contributed by atoms with Gasteiger partial charge >= 0.3 is 29.8 Å². The summed E-state index contributed by atoms with van der Waals surface area (Å²) < 4.78 is 5.68. The number of aliphatic carboxylic acids is 4. The lowest BCUT2D eigenvalue weighted by molar-refractivity contribution is -0.156. The van der Waals surface area contributed by atoms with E-state index in [0.29, 0.717) is 29.3 Å². The molecule has 1 aliphatic rings. The highest BCUT2D eigenvalue weighted by molar-refractivity contribution is 6.05. The number of aliphatic hydroxyl groups is 1. The molecule has 1 aliphatic heterocycles. The first-order chi connectivity index (χ1) is 54.4. The summed E-state index contributed by atoms with van der Waals surface area (Å²) in [5.74, 6) is -29.7. The van der Waals surface area contributed by atoms with E-state index in [1.165, 1.54) is 24.3 Å². The zero-order valence-electron chi connectivity index (χ0n) is 63.6. The third-order valence-corrected chi connectivity index (χ3v) is 17.9. The fourth-order valence-corrected chi connectivity index (χ4v) is 11.7. The molecule has 43 heteroatoms. The first kappa shape index (κ1) is 94.7. The summed E-state index contributed by atoms with van der Waals surface area (Å²) in [6, 6.07) is -10.5. The lowest BCUT2D eigenvalue weighted by Crippen LogP contribution is -2.62. The number of esters is 1. The van der Waals surface area contributed by atoms with Crippen molar-refractivity contribution in [1.29, 1.82) is 0 Å². The number of primary amides is 1. The molecule has 0 bridgehead atoms. The molecule has 3 aromatic rings. The number of para-hydroxylation sites is 2. The van der Waals surface area contributed by atoms with Gasteiger partial charge in [0.15, 0.2) is 5.78 Å². The molecule has 0 aliphatic carbocycles. The van der Waals surface area contributed by atoms with Crippen molar-refractivity contribution in [2.24, 2.45) is 17.4 Å². The number of nitrogen functional groups attached to an aromatic ring is 1. The number of hydrogen-bond donors (Lipinski definition) is 22. The number of nitrogens with one attached hydrogen (secondary N) is 14. The molecule has 25 N–H and O–H groups in total. The van der Waals surface area contributed by atoms with Crippen LogP contribution in [0.25, 0.3) is 10.9 Å². The molecule has 630 valence electrons. The van der Waals surface area contributed by atoms with E-state index in [-0.39, 0.29) is 37.1 Å². The number of benzene rings is 2. The van der Waals surface area contributed by atoms with E-state index in [1.54, 1.807) is 30.5 Å². The van der Waals surface area contributed by atoms with Crippen LogP contribution in [0.3, 0.4) is 0 Å². The van der Waals surface area contributed by atoms with Crippen LogP contribution in [0.5, 0.6) is 0 Å². The number of aromatic amines is 1. The van der Waals surface area contributed by atoms with Gasteiger partial charge in [0, 0.05) is 47.6 Å². The number of ether oxygens (including phenoxy) is 1. The summed E-state index contributed by atoms with van der Waals surface area (Å²) in [6.45, 7) is 1.11. The second-order valence-corrected chi connectivity index (χ2v) is 27.2. The number of carbonyl (C=O) groups is 20. The van der Waals surface area contributed by atoms with Crippen molar-refractivity contribution in [2.45, 2.75) is 209 Å². The van der Waals surface area contributed by atoms with Gasteiger partial charge in [-0.25, -0.2) is 4.79 Å². The molecule has 14 amide bonds. The van der Waals surface area contributed by atoms with Crippen molar-refractivity contribution in [3.63, 3.8) is 0 Å². The number of nitrogens with two attached hydrogens (primary N) is 3. The largest absolute Gasteiger partial charge is 0.481 e. The number of H-pyrrole nitrogens is 1. The van der Waals surface area contributed by atoms with Gasteiger partial charge in [0.25, 0.3) is 0 Å². The van der Waals surface area contributed by atoms with Gasteiger partial charge in [-0.3, -0.25) is 91.1 Å². The van der Waals surface area contributed by atoms with E-state index in [4.69, 9.17) is 21.9 Å². The van der Waals surface area contributed by atoms with Crippen molar-refractivity contribution in [1.82, 2.24) is 74.1 Å². The van der Waals surface area contributed by atoms with Crippen LogP contribution in [-0.4, -0.2) is 248 Å². The molecule has 2 aromatic carbocycles. The molecule has 1 fully saturated rings. The Morgan fingerprint density at radius 3 is 1.69 bits per heavy atom. The summed E-state index contributed by atoms with van der Waals surface area (Å²) in [5, 5.41) is 78.7. The maximum absolute atomic E-state index is 14.8. The highest BCUT2D eigenvalue weighted by atomic mass is 16.5. The van der Waals surface area contributed by atoms with Crippen LogP contribution in [-0.2, 0) is 102 Å². The highest BCUT2D eigenvalue weighted by Gasteiger charge is 2.41. The summed E-state index contributed by atoms with van der Waals surface area (Å²) in [6.07, 6.45) is -2.33. The summed E-state index contributed by atoms with van der Waals surface area (Å²) >= 11 is 0. The number of Topliss-reactive ketones (excluding diaryl/α,β-unsaturated/α-hetero) is 1. The number of unbranched alkanes of at least 4 members (excludes halogenated alkanes) is 6. The number of fused-ring (bicyclic) bond motifs is 1. The maximum Gasteiger partial charge on any atom is 0.329 e. The highest BCUT2D eigenvalue weighted by Crippen LogP contribution is 2.22. The topological polar surface area (TPSA) is 702 Å². The van der Waals surface area contributed by atoms with E-state index in [0.717, 1.165) is 52.9 Å². The predicted octanol–water partition coefficient (Wildman–Crippen LogP) is -5.62. The first-order valence-corrected chi connectivity index (χ1v) is 36.8. The Bertz CT molecular complexity index is 4040. The van der Waals surface area contributed by atoms with Crippen LogP contribution in [0.1, 0.15) is 146 Å². The molecule has 0 unspecified atom stereocenters. The second kappa shape index (κ2) is 47.6. The Labute approximate surface area is 657 Å². The summed E-state index contributed by atoms with van der Waals surface area (Å²) in [4.78, 5) is 276. The number of carboxylic acids is 4. The molecule has 2 heterocycles. The molecule has 43 nitrogen and oxygen atoms in total. The van der Waals surface area contributed by atoms with E-state index < -0.39 is 261 Å². The number of hydrogen-bond acceptors (Lipinski definition) is 24. The van der Waals surface area contributed by atoms with Crippen LogP contribution >= 0.6 is 0 Å². The monoisotopic (exact) mass is 1620 g/mol. The average Bonchev–Trinajstić information content (AvgIpc) is 1.72. The molecule has 1 saturated heterocycles. The number of cyclic esters (lactones) is 1. The Morgan fingerprint density at radius 1 is 0.548 bits per heavy atom. The minimum Gasteiger partial charge on any atom is -0.481 e. The van der Waals surface area contributed by atoms with Gasteiger partial charge in [0.05, 0.1) is 51.8 Å². The van der Waals surface area contributed by atoms with Crippen molar-refractivity contribution in [3.8, 4) is 0 Å². The number of amides is 14. The first-order valence-electron chi connectivity index (χ1n) is 36.8. The third-order valence-electron chi connectivity index (χ3n) is 17.9. The lowest BCUT2D eigenvalue weighted by atomic mass is 9.96. The summed E-state index contributed by atoms with van der Waals surface area (Å²) in [5.41, 5.74) is 18.1. The van der Waals surface area contributed by atoms with Gasteiger partial charge in [-0.2, -0.15) is 0 Å². The number of anilines is 1. The molecule has 13 atom stereocenters. The van der Waals surface area contributed by atoms with Gasteiger partial charge in [-0.05, 0) is 69.3 Å². The SMILES string of the molecule is CCCCCCCCCC(=O)N[C@@H](Cc1c[nH]c2ccccc12)C(=O)N[C@@H](CC(N)=O)C(=O)N[C@@H](CC(=O)O)C(=O)N[C@@H]1C(=O)NCC(=O)N[C@H](CCCN)C(=O)N[C@@H](CC(=O)O)C(=O)N[C@H](C)C(=O)N[C@@H](CC(=O)O)C(=O)NCC(=O)N[C@@H](CO)C(=O)N[C@@H]([C@@H](C)CC(=O)O)C(=O)N[C@@H](CC(=O)c2ccccc2N)C(=O)O[C@H]1C. The van der Waals surface area contributed by atoms with Gasteiger partial charge < -0.3 is 122 Å². The smallest absolute Gasteiger partial charge is 0.329 e. The number of ketones is 1. The molecular weight excluding hydrogens is 1520 g/mol. The second-order valence-electron chi connectivity index (χ2n) is 27.2. The number of carboxylic acid groups (broad SMARTS) is 4. The van der Waals surface area contributed by atoms with Crippen molar-refractivity contribution >= 4 is 135 Å². The van der Waals surface area contributed by atoms with Gasteiger partial charge in [-0.1, -0.05) is 82.7 Å². The van der Waals surface area contributed by atoms with E-state index >= 15 is 0 Å². The molecule has 0 saturated carbocycles. The van der Waals surface area contributed by atoms with Crippen LogP contribution in [0, 0.1) is 5.92 Å². The van der Waals surface area contributed by atoms with Gasteiger partial charge in [0.2, 0.25) is 82.7 Å². The Hall–Kier alpha value is -12.7. The molecule has 0 radical (unpaired) electrons. The number of aromatic nitrogens is 1. The van der Waals surface area contributed by atoms with Crippen molar-refractivity contribution in [2.75, 3.05) is 32.0 Å². The Balaban J connectivity index is 1.87. The van der Waals surface area contributed by atoms with Gasteiger partial charge in [-0.15, -0.1) is 0 Å². The maximum atomic E-state index is 14.8. The standard InChI is InChI=1S/C72H101N17O26/c1-5-6-7-8-9-10-11-22-53(93)81-44(25-38-31-76-42-20-15-13-17-39(38)42)66(108)84-45(27-52(75)92)67(109)86-48(30-59(102)103)68(110)89-61-37(4)115-72(114)49(26-51(91)40-18-12-14-19-41(40)74)87-71(113)60(35(2)24-56(96)97)88-69(111)50(34-90)82-55(95)32-77-63(105)46(28-57(98)99)83-62(104)36(3)79-65(107)47(29-58(100)101)85-64(106)43(21-16-23-73)80-54(94)33-78-70(61)112/h12-15,17-20,31,35-37,43-50,60-61,76,90H,5-11,16,21-30,32-34,73-74H2,1-4H3,(H2,75,92)(H,77,105)(H,78,112)(H,79,107)(H,80,94)(H,81,93)(H,82,95)(H,83,104)(H,84,108)(H,85,106)(H,86,109)(H,87,113)(H,88,111)(H,89,110)(H,96,97)(H,98,99)(H,100,101)(H,102,103)/t35-,36+,37-,43+,44-,45-,46-,47-,48-,49-,50-,60-,61-/m0/s1. The van der Waals surface area contributed by atoms with Crippen molar-refractivity contribution < 1.29 is 126 Å². The van der Waals surface area contributed by atoms with E-state index in [1.807, 2.05) is 16.0 Å². The predicted molar refractivity (Wildman–Crippen MR) is 400 cm³/mol. The molecule has 0 spiro atoms. The number of rotatable bonds is 35. The fraction of sp³-hybridized carbons (Fsp3) is 0.528. The minimum absolute atomic E-state index is 0.0186. The third kappa shape index (κ3) is 32.5. The normalized spacial score (nSPS) is 21.2. The fourth-order valence-electron chi connectivity index (χ4n) is 11.7. The molecule has 115 heavy (non-hydrogen) atoms. The lowest BCUT2D eigenvalue weighted by Gasteiger charge is -2.30. The zero-order chi connectivity index (χ0) is 85.8. The molecule has 4 rings (SSSR count). The van der Waals surface area contributed by atoms with Gasteiger partial charge in [0.1, 0.15) is 72.6 Å². The van der Waals surface area contributed by atoms with Crippen LogP contribution < -0.4 is 86.3 Å². The van der Waals surface area contributed by atoms with Crippen LogP contribution in [0.15, 0.2) is 54.7 Å². The average molecular weight is 1620 g/mol. The van der Waals surface area contributed by atoms with E-state index in [9.17, 15) is 121 Å².